The number of benzene rings is 2. The normalized spacial score (nSPS) is 11.3. The fourth-order valence-electron chi connectivity index (χ4n) is 2.11. The average molecular weight is 403 g/mol. The van der Waals surface area contributed by atoms with Crippen LogP contribution in [-0.4, -0.2) is 27.4 Å². The maximum Gasteiger partial charge on any atom is 0.240 e. The van der Waals surface area contributed by atoms with Crippen LogP contribution in [0.5, 0.6) is 0 Å². The first-order valence-electron chi connectivity index (χ1n) is 7.74. The molecule has 0 fully saturated rings. The van der Waals surface area contributed by atoms with Gasteiger partial charge in [0, 0.05) is 24.5 Å². The number of carbonyl (C=O) groups excluding carboxylic acids is 1. The van der Waals surface area contributed by atoms with Gasteiger partial charge in [0.2, 0.25) is 15.9 Å². The monoisotopic (exact) mass is 402 g/mol. The molecule has 0 bridgehead atoms. The Bertz CT molecular complexity index is 874. The van der Waals surface area contributed by atoms with Gasteiger partial charge < -0.3 is 5.32 Å². The van der Waals surface area contributed by atoms with Crippen molar-refractivity contribution in [1.82, 2.24) is 10.0 Å². The van der Waals surface area contributed by atoms with Crippen molar-refractivity contribution in [2.45, 2.75) is 17.7 Å². The number of hydrogen-bond acceptors (Lipinski definition) is 3. The van der Waals surface area contributed by atoms with Crippen LogP contribution in [0, 0.1) is 11.6 Å². The Labute approximate surface area is 155 Å². The number of rotatable bonds is 8. The predicted octanol–water partition coefficient (Wildman–Crippen LogP) is 2.65. The van der Waals surface area contributed by atoms with Crippen LogP contribution in [0.2, 0.25) is 5.02 Å². The molecular formula is C17H17ClF2N2O3S. The molecular weight excluding hydrogens is 386 g/mol. The molecule has 9 heteroatoms. The second kappa shape index (κ2) is 9.07. The summed E-state index contributed by atoms with van der Waals surface area (Å²) in [4.78, 5) is 11.3. The van der Waals surface area contributed by atoms with Crippen LogP contribution in [0.25, 0.3) is 0 Å². The van der Waals surface area contributed by atoms with E-state index in [1.807, 2.05) is 12.1 Å². The number of amides is 1. The molecule has 26 heavy (non-hydrogen) atoms. The molecule has 0 aromatic heterocycles. The van der Waals surface area contributed by atoms with Gasteiger partial charge in [0.15, 0.2) is 11.6 Å². The van der Waals surface area contributed by atoms with E-state index in [0.29, 0.717) is 24.1 Å². The molecule has 0 aliphatic rings. The van der Waals surface area contributed by atoms with Crippen LogP contribution >= 0.6 is 11.6 Å². The minimum absolute atomic E-state index is 0.0798. The first kappa shape index (κ1) is 20.3. The molecule has 2 rings (SSSR count). The highest BCUT2D eigenvalue weighted by Crippen LogP contribution is 2.13. The van der Waals surface area contributed by atoms with Crippen LogP contribution in [0.3, 0.4) is 0 Å². The van der Waals surface area contributed by atoms with Crippen molar-refractivity contribution < 1.29 is 22.0 Å². The quantitative estimate of drug-likeness (QED) is 0.712. The van der Waals surface area contributed by atoms with Crippen LogP contribution in [0.1, 0.15) is 12.0 Å². The SMILES string of the molecule is O=C(CCNS(=O)(=O)c1ccc(F)c(F)c1)NCCc1ccc(Cl)cc1. The van der Waals surface area contributed by atoms with Gasteiger partial charge in [0.1, 0.15) is 0 Å². The minimum Gasteiger partial charge on any atom is -0.356 e. The van der Waals surface area contributed by atoms with Crippen molar-refractivity contribution in [3.63, 3.8) is 0 Å². The Hall–Kier alpha value is -2.03. The van der Waals surface area contributed by atoms with E-state index < -0.39 is 26.6 Å². The number of nitrogens with one attached hydrogen (secondary N) is 2. The van der Waals surface area contributed by atoms with Gasteiger partial charge in [-0.25, -0.2) is 21.9 Å². The van der Waals surface area contributed by atoms with Gasteiger partial charge in [-0.05, 0) is 42.3 Å². The van der Waals surface area contributed by atoms with Crippen molar-refractivity contribution in [2.24, 2.45) is 0 Å². The second-order valence-electron chi connectivity index (χ2n) is 5.45. The molecule has 0 unspecified atom stereocenters. The summed E-state index contributed by atoms with van der Waals surface area (Å²) in [5, 5.41) is 3.30. The summed E-state index contributed by atoms with van der Waals surface area (Å²) in [5.41, 5.74) is 1.01. The number of carbonyl (C=O) groups is 1. The highest BCUT2D eigenvalue weighted by atomic mass is 35.5. The molecule has 0 heterocycles. The Kier molecular flexibility index (Phi) is 7.07. The standard InChI is InChI=1S/C17H17ClF2N2O3S/c18-13-3-1-12(2-4-13)7-9-21-17(23)8-10-22-26(24,25)14-5-6-15(19)16(20)11-14/h1-6,11,22H,7-10H2,(H,21,23). The second-order valence-corrected chi connectivity index (χ2v) is 7.65. The zero-order valence-electron chi connectivity index (χ0n) is 13.6. The molecule has 2 aromatic rings. The lowest BCUT2D eigenvalue weighted by atomic mass is 10.1. The number of sulfonamides is 1. The summed E-state index contributed by atoms with van der Waals surface area (Å²) in [6.45, 7) is 0.241. The summed E-state index contributed by atoms with van der Waals surface area (Å²) in [5.74, 6) is -2.72. The molecule has 0 atom stereocenters. The van der Waals surface area contributed by atoms with Gasteiger partial charge in [0.25, 0.3) is 0 Å². The molecule has 0 aliphatic carbocycles. The van der Waals surface area contributed by atoms with E-state index in [9.17, 15) is 22.0 Å². The lowest BCUT2D eigenvalue weighted by Gasteiger charge is -2.08. The fraction of sp³-hybridized carbons (Fsp3) is 0.235. The van der Waals surface area contributed by atoms with E-state index in [1.165, 1.54) is 0 Å². The number of halogens is 3. The maximum absolute atomic E-state index is 13.1. The highest BCUT2D eigenvalue weighted by molar-refractivity contribution is 7.89. The molecule has 0 spiro atoms. The van der Waals surface area contributed by atoms with Crippen molar-refractivity contribution in [2.75, 3.05) is 13.1 Å². The Morgan fingerprint density at radius 2 is 1.69 bits per heavy atom. The van der Waals surface area contributed by atoms with Gasteiger partial charge in [0.05, 0.1) is 4.90 Å². The third-order valence-electron chi connectivity index (χ3n) is 3.49. The van der Waals surface area contributed by atoms with Gasteiger partial charge in [-0.1, -0.05) is 23.7 Å². The highest BCUT2D eigenvalue weighted by Gasteiger charge is 2.16. The molecule has 0 aliphatic heterocycles. The summed E-state index contributed by atoms with van der Waals surface area (Å²) < 4.78 is 52.1. The smallest absolute Gasteiger partial charge is 0.240 e. The van der Waals surface area contributed by atoms with E-state index in [1.54, 1.807) is 12.1 Å². The molecule has 2 N–H and O–H groups in total. The molecule has 1 amide bonds. The zero-order chi connectivity index (χ0) is 19.2. The van der Waals surface area contributed by atoms with E-state index >= 15 is 0 Å². The van der Waals surface area contributed by atoms with E-state index in [2.05, 4.69) is 10.0 Å². The topological polar surface area (TPSA) is 75.3 Å². The van der Waals surface area contributed by atoms with E-state index in [-0.39, 0.29) is 18.9 Å². The van der Waals surface area contributed by atoms with Gasteiger partial charge >= 0.3 is 0 Å². The Balaban J connectivity index is 1.74. The molecule has 0 radical (unpaired) electrons. The summed E-state index contributed by atoms with van der Waals surface area (Å²) in [6.07, 6.45) is 0.535. The summed E-state index contributed by atoms with van der Waals surface area (Å²) >= 11 is 5.79. The number of hydrogen-bond donors (Lipinski definition) is 2. The predicted molar refractivity (Wildman–Crippen MR) is 94.3 cm³/mol. The third-order valence-corrected chi connectivity index (χ3v) is 5.21. The van der Waals surface area contributed by atoms with Gasteiger partial charge in [-0.15, -0.1) is 0 Å². The first-order chi connectivity index (χ1) is 12.3. The van der Waals surface area contributed by atoms with Crippen molar-refractivity contribution in [1.29, 1.82) is 0 Å². The van der Waals surface area contributed by atoms with Gasteiger partial charge in [-0.2, -0.15) is 0 Å². The molecule has 2 aromatic carbocycles. The van der Waals surface area contributed by atoms with E-state index in [0.717, 1.165) is 17.7 Å². The van der Waals surface area contributed by atoms with Crippen molar-refractivity contribution in [3.8, 4) is 0 Å². The van der Waals surface area contributed by atoms with E-state index in [4.69, 9.17) is 11.6 Å². The Morgan fingerprint density at radius 1 is 1.00 bits per heavy atom. The van der Waals surface area contributed by atoms with Crippen molar-refractivity contribution in [3.05, 3.63) is 64.7 Å². The van der Waals surface area contributed by atoms with Crippen LogP contribution in [-0.2, 0) is 21.2 Å². The van der Waals surface area contributed by atoms with Crippen LogP contribution in [0.4, 0.5) is 8.78 Å². The molecule has 0 saturated heterocycles. The van der Waals surface area contributed by atoms with Crippen LogP contribution < -0.4 is 10.0 Å². The third kappa shape index (κ3) is 6.05. The zero-order valence-corrected chi connectivity index (χ0v) is 15.2. The summed E-state index contributed by atoms with van der Waals surface area (Å²) in [6, 6.07) is 9.48. The largest absolute Gasteiger partial charge is 0.356 e. The van der Waals surface area contributed by atoms with Crippen molar-refractivity contribution >= 4 is 27.5 Å². The fourth-order valence-corrected chi connectivity index (χ4v) is 3.28. The molecule has 0 saturated carbocycles. The molecule has 5 nitrogen and oxygen atoms in total. The summed E-state index contributed by atoms with van der Waals surface area (Å²) in [7, 11) is -4.01. The average Bonchev–Trinajstić information content (AvgIpc) is 2.59. The molecule has 140 valence electrons. The maximum atomic E-state index is 13.1. The lowest BCUT2D eigenvalue weighted by Crippen LogP contribution is -2.31. The Morgan fingerprint density at radius 3 is 2.35 bits per heavy atom. The van der Waals surface area contributed by atoms with Crippen LogP contribution in [0.15, 0.2) is 47.4 Å². The first-order valence-corrected chi connectivity index (χ1v) is 9.60. The van der Waals surface area contributed by atoms with Gasteiger partial charge in [-0.3, -0.25) is 4.79 Å². The minimum atomic E-state index is -4.01. The lowest BCUT2D eigenvalue weighted by molar-refractivity contribution is -0.120.